The van der Waals surface area contributed by atoms with Crippen LogP contribution < -0.4 is 15.5 Å². The number of nitrogens with zero attached hydrogens (tertiary/aromatic N) is 3. The number of rotatable bonds is 2. The molecule has 2 N–H and O–H groups in total. The van der Waals surface area contributed by atoms with Gasteiger partial charge in [0.2, 0.25) is 11.8 Å². The summed E-state index contributed by atoms with van der Waals surface area (Å²) in [6, 6.07) is 6.29. The average Bonchev–Trinajstić information content (AvgIpc) is 3.23. The summed E-state index contributed by atoms with van der Waals surface area (Å²) in [6.45, 7) is 4.37. The monoisotopic (exact) mass is 367 g/mol. The minimum absolute atomic E-state index is 0.189. The van der Waals surface area contributed by atoms with E-state index in [1.807, 2.05) is 11.7 Å². The fourth-order valence-corrected chi connectivity index (χ4v) is 5.08. The van der Waals surface area contributed by atoms with Gasteiger partial charge in [-0.3, -0.25) is 19.6 Å². The number of aryl methyl sites for hydroxylation is 1. The molecule has 5 rings (SSSR count). The first-order valence-electron chi connectivity index (χ1n) is 9.87. The van der Waals surface area contributed by atoms with E-state index in [-0.39, 0.29) is 17.7 Å². The molecule has 3 saturated heterocycles. The molecule has 2 amide bonds. The van der Waals surface area contributed by atoms with E-state index in [0.29, 0.717) is 18.8 Å². The Morgan fingerprint density at radius 3 is 2.81 bits per heavy atom. The maximum absolute atomic E-state index is 12.4. The van der Waals surface area contributed by atoms with Crippen molar-refractivity contribution in [3.63, 3.8) is 0 Å². The normalized spacial score (nSPS) is 28.5. The van der Waals surface area contributed by atoms with Gasteiger partial charge in [-0.05, 0) is 43.8 Å². The first-order chi connectivity index (χ1) is 13.1. The zero-order valence-electron chi connectivity index (χ0n) is 15.6. The number of para-hydroxylation sites is 1. The lowest BCUT2D eigenvalue weighted by Crippen LogP contribution is -2.39. The Morgan fingerprint density at radius 2 is 2.00 bits per heavy atom. The molecule has 1 aromatic carbocycles. The summed E-state index contributed by atoms with van der Waals surface area (Å²) < 4.78 is 1.91. The Kier molecular flexibility index (Phi) is 3.93. The molecule has 27 heavy (non-hydrogen) atoms. The predicted octanol–water partition coefficient (Wildman–Crippen LogP) is 1.14. The molecule has 7 heteroatoms. The third-order valence-electron chi connectivity index (χ3n) is 6.46. The van der Waals surface area contributed by atoms with Crippen molar-refractivity contribution < 1.29 is 9.59 Å². The van der Waals surface area contributed by atoms with E-state index in [1.165, 1.54) is 12.1 Å². The van der Waals surface area contributed by atoms with Crippen molar-refractivity contribution in [1.82, 2.24) is 20.4 Å². The second kappa shape index (κ2) is 6.34. The molecule has 0 aliphatic carbocycles. The second-order valence-electron chi connectivity index (χ2n) is 8.10. The van der Waals surface area contributed by atoms with Gasteiger partial charge in [0.15, 0.2) is 0 Å². The molecule has 142 valence electrons. The molecular formula is C20H25N5O2. The van der Waals surface area contributed by atoms with E-state index in [1.54, 1.807) is 0 Å². The standard InChI is InChI=1S/C20H25N5O2/c1-24-19-14(18(23-24)15-5-6-17(26)22-20(15)27)3-2-4-16(19)25-10-12-7-8-21-9-13(12)11-25/h2-4,12-13,15,21H,5-11H2,1H3,(H,22,26,27). The Bertz CT molecular complexity index is 906. The van der Waals surface area contributed by atoms with Crippen LogP contribution >= 0.6 is 0 Å². The van der Waals surface area contributed by atoms with E-state index in [0.717, 1.165) is 48.7 Å². The quantitative estimate of drug-likeness (QED) is 0.778. The number of fused-ring (bicyclic) bond motifs is 2. The number of benzene rings is 1. The van der Waals surface area contributed by atoms with Crippen LogP contribution in [-0.2, 0) is 16.6 Å². The number of nitrogens with one attached hydrogen (secondary N) is 2. The lowest BCUT2D eigenvalue weighted by atomic mass is 9.90. The summed E-state index contributed by atoms with van der Waals surface area (Å²) in [5.41, 5.74) is 3.08. The first-order valence-corrected chi connectivity index (χ1v) is 9.87. The van der Waals surface area contributed by atoms with E-state index < -0.39 is 0 Å². The maximum atomic E-state index is 12.4. The highest BCUT2D eigenvalue weighted by Crippen LogP contribution is 2.38. The molecule has 3 aliphatic rings. The van der Waals surface area contributed by atoms with Crippen LogP contribution in [0.25, 0.3) is 10.9 Å². The van der Waals surface area contributed by atoms with Crippen molar-refractivity contribution in [3.8, 4) is 0 Å². The van der Waals surface area contributed by atoms with E-state index in [9.17, 15) is 9.59 Å². The number of hydrogen-bond donors (Lipinski definition) is 2. The van der Waals surface area contributed by atoms with Gasteiger partial charge in [-0.15, -0.1) is 0 Å². The highest BCUT2D eigenvalue weighted by atomic mass is 16.2. The number of carbonyl (C=O) groups is 2. The van der Waals surface area contributed by atoms with Crippen LogP contribution in [0.15, 0.2) is 18.2 Å². The molecular weight excluding hydrogens is 342 g/mol. The summed E-state index contributed by atoms with van der Waals surface area (Å²) >= 11 is 0. The van der Waals surface area contributed by atoms with Crippen molar-refractivity contribution in [2.24, 2.45) is 18.9 Å². The lowest BCUT2D eigenvalue weighted by molar-refractivity contribution is -0.134. The zero-order valence-corrected chi connectivity index (χ0v) is 15.6. The third kappa shape index (κ3) is 2.72. The zero-order chi connectivity index (χ0) is 18.5. The minimum atomic E-state index is -0.355. The van der Waals surface area contributed by atoms with Crippen molar-refractivity contribution >= 4 is 28.4 Å². The number of imide groups is 1. The molecule has 3 atom stereocenters. The summed E-state index contributed by atoms with van der Waals surface area (Å²) in [6.07, 6.45) is 2.14. The fourth-order valence-electron chi connectivity index (χ4n) is 5.08. The van der Waals surface area contributed by atoms with Crippen molar-refractivity contribution in [2.45, 2.75) is 25.2 Å². The molecule has 0 spiro atoms. The van der Waals surface area contributed by atoms with Gasteiger partial charge in [-0.1, -0.05) is 12.1 Å². The van der Waals surface area contributed by atoms with Crippen LogP contribution in [-0.4, -0.2) is 47.8 Å². The van der Waals surface area contributed by atoms with Crippen LogP contribution in [0.4, 0.5) is 5.69 Å². The van der Waals surface area contributed by atoms with Crippen molar-refractivity contribution in [1.29, 1.82) is 0 Å². The number of carbonyl (C=O) groups excluding carboxylic acids is 2. The number of aromatic nitrogens is 2. The Labute approximate surface area is 158 Å². The smallest absolute Gasteiger partial charge is 0.235 e. The Morgan fingerprint density at radius 1 is 1.15 bits per heavy atom. The first kappa shape index (κ1) is 16.7. The van der Waals surface area contributed by atoms with Gasteiger partial charge < -0.3 is 10.2 Å². The molecule has 1 aromatic heterocycles. The SMILES string of the molecule is Cn1nc(C2CCC(=O)NC2=O)c2cccc(N3CC4CCNCC4C3)c21. The Balaban J connectivity index is 1.53. The van der Waals surface area contributed by atoms with E-state index >= 15 is 0 Å². The van der Waals surface area contributed by atoms with Crippen LogP contribution in [0.1, 0.15) is 30.9 Å². The van der Waals surface area contributed by atoms with E-state index in [4.69, 9.17) is 5.10 Å². The van der Waals surface area contributed by atoms with Crippen LogP contribution in [0.5, 0.6) is 0 Å². The minimum Gasteiger partial charge on any atom is -0.369 e. The summed E-state index contributed by atoms with van der Waals surface area (Å²) in [5.74, 6) is 0.688. The summed E-state index contributed by atoms with van der Waals surface area (Å²) in [7, 11) is 1.95. The lowest BCUT2D eigenvalue weighted by Gasteiger charge is -2.23. The highest BCUT2D eigenvalue weighted by Gasteiger charge is 2.36. The van der Waals surface area contributed by atoms with Gasteiger partial charge in [0.1, 0.15) is 0 Å². The van der Waals surface area contributed by atoms with Gasteiger partial charge in [0, 0.05) is 31.9 Å². The molecule has 0 radical (unpaired) electrons. The number of anilines is 1. The third-order valence-corrected chi connectivity index (χ3v) is 6.46. The topological polar surface area (TPSA) is 79.3 Å². The van der Waals surface area contributed by atoms with Gasteiger partial charge >= 0.3 is 0 Å². The molecule has 2 aromatic rings. The molecule has 0 bridgehead atoms. The van der Waals surface area contributed by atoms with Crippen LogP contribution in [0.2, 0.25) is 0 Å². The fraction of sp³-hybridized carbons (Fsp3) is 0.550. The average molecular weight is 367 g/mol. The summed E-state index contributed by atoms with van der Waals surface area (Å²) in [5, 5.41) is 11.7. The molecule has 0 saturated carbocycles. The number of hydrogen-bond acceptors (Lipinski definition) is 5. The molecule has 7 nitrogen and oxygen atoms in total. The largest absolute Gasteiger partial charge is 0.369 e. The molecule has 3 fully saturated rings. The van der Waals surface area contributed by atoms with Crippen LogP contribution in [0, 0.1) is 11.8 Å². The molecule has 3 unspecified atom stereocenters. The van der Waals surface area contributed by atoms with Crippen LogP contribution in [0.3, 0.4) is 0 Å². The van der Waals surface area contributed by atoms with Crippen molar-refractivity contribution in [2.75, 3.05) is 31.1 Å². The molecule has 3 aliphatic heterocycles. The second-order valence-corrected chi connectivity index (χ2v) is 8.10. The van der Waals surface area contributed by atoms with Gasteiger partial charge in [0.25, 0.3) is 0 Å². The molecule has 4 heterocycles. The van der Waals surface area contributed by atoms with E-state index in [2.05, 4.69) is 33.7 Å². The highest BCUT2D eigenvalue weighted by molar-refractivity contribution is 6.03. The summed E-state index contributed by atoms with van der Waals surface area (Å²) in [4.78, 5) is 26.4. The number of piperidine rings is 2. The van der Waals surface area contributed by atoms with Crippen molar-refractivity contribution in [3.05, 3.63) is 23.9 Å². The van der Waals surface area contributed by atoms with Gasteiger partial charge in [0.05, 0.1) is 22.8 Å². The van der Waals surface area contributed by atoms with Gasteiger partial charge in [-0.25, -0.2) is 0 Å². The van der Waals surface area contributed by atoms with Gasteiger partial charge in [-0.2, -0.15) is 5.10 Å². The maximum Gasteiger partial charge on any atom is 0.235 e. The Hall–Kier alpha value is -2.41. The number of amides is 2. The predicted molar refractivity (Wildman–Crippen MR) is 103 cm³/mol.